The Kier molecular flexibility index (Phi) is 6.65. The Morgan fingerprint density at radius 1 is 0.759 bits per heavy atom. The molecule has 7 heteroatoms. The molecule has 0 aliphatic carbocycles. The first kappa shape index (κ1) is 20.6. The largest absolute Gasteiger partial charge is 0.322 e. The summed E-state index contributed by atoms with van der Waals surface area (Å²) in [6.45, 7) is 1.78. The van der Waals surface area contributed by atoms with Crippen LogP contribution in [-0.2, 0) is 0 Å². The molecule has 0 heterocycles. The van der Waals surface area contributed by atoms with Crippen molar-refractivity contribution < 1.29 is 9.59 Å². The van der Waals surface area contributed by atoms with Crippen LogP contribution in [0.25, 0.3) is 0 Å². The van der Waals surface area contributed by atoms with Gasteiger partial charge in [0.1, 0.15) is 0 Å². The van der Waals surface area contributed by atoms with Crippen molar-refractivity contribution in [1.29, 1.82) is 0 Å². The Hall–Kier alpha value is -3.15. The molecule has 2 N–H and O–H groups in total. The van der Waals surface area contributed by atoms with Gasteiger partial charge in [-0.2, -0.15) is 5.10 Å². The second kappa shape index (κ2) is 9.37. The third-order valence-corrected chi connectivity index (χ3v) is 4.53. The van der Waals surface area contributed by atoms with E-state index in [1.807, 2.05) is 0 Å². The zero-order valence-corrected chi connectivity index (χ0v) is 17.0. The van der Waals surface area contributed by atoms with Crippen LogP contribution >= 0.6 is 23.2 Å². The van der Waals surface area contributed by atoms with E-state index in [1.165, 1.54) is 0 Å². The highest BCUT2D eigenvalue weighted by atomic mass is 35.5. The molecule has 0 saturated heterocycles. The topological polar surface area (TPSA) is 70.6 Å². The van der Waals surface area contributed by atoms with E-state index in [-0.39, 0.29) is 11.8 Å². The Morgan fingerprint density at radius 2 is 1.31 bits per heavy atom. The summed E-state index contributed by atoms with van der Waals surface area (Å²) in [5.74, 6) is -0.600. The normalized spacial score (nSPS) is 11.1. The molecular formula is C22H17Cl2N3O2. The number of benzene rings is 3. The Bertz CT molecular complexity index is 1080. The molecule has 5 nitrogen and oxygen atoms in total. The van der Waals surface area contributed by atoms with Crippen LogP contribution in [0, 0.1) is 0 Å². The fourth-order valence-corrected chi connectivity index (χ4v) is 2.90. The number of nitrogens with zero attached hydrogens (tertiary/aromatic N) is 1. The van der Waals surface area contributed by atoms with Crippen molar-refractivity contribution in [3.05, 3.63) is 99.5 Å². The van der Waals surface area contributed by atoms with Crippen molar-refractivity contribution in [2.45, 2.75) is 6.92 Å². The minimum absolute atomic E-state index is 0.251. The minimum Gasteiger partial charge on any atom is -0.322 e. The maximum atomic E-state index is 12.3. The summed E-state index contributed by atoms with van der Waals surface area (Å²) in [6, 6.07) is 20.5. The van der Waals surface area contributed by atoms with Crippen LogP contribution in [0.4, 0.5) is 5.69 Å². The van der Waals surface area contributed by atoms with Crippen molar-refractivity contribution in [2.75, 3.05) is 5.32 Å². The van der Waals surface area contributed by atoms with E-state index in [0.717, 1.165) is 5.56 Å². The van der Waals surface area contributed by atoms with Crippen LogP contribution in [0.3, 0.4) is 0 Å². The van der Waals surface area contributed by atoms with E-state index in [1.54, 1.807) is 79.7 Å². The third kappa shape index (κ3) is 5.67. The zero-order valence-electron chi connectivity index (χ0n) is 15.4. The summed E-state index contributed by atoms with van der Waals surface area (Å²) in [7, 11) is 0. The van der Waals surface area contributed by atoms with Gasteiger partial charge < -0.3 is 5.32 Å². The molecule has 0 saturated carbocycles. The van der Waals surface area contributed by atoms with Gasteiger partial charge in [-0.05, 0) is 61.0 Å². The molecule has 3 aromatic rings. The highest BCUT2D eigenvalue weighted by molar-refractivity contribution is 6.31. The van der Waals surface area contributed by atoms with Gasteiger partial charge in [0.2, 0.25) is 0 Å². The van der Waals surface area contributed by atoms with Gasteiger partial charge in [-0.3, -0.25) is 9.59 Å². The number of halogens is 2. The maximum Gasteiger partial charge on any atom is 0.271 e. The Balaban J connectivity index is 1.63. The maximum absolute atomic E-state index is 12.3. The number of nitrogens with one attached hydrogen (secondary N) is 2. The summed E-state index contributed by atoms with van der Waals surface area (Å²) in [6.07, 6.45) is 0. The number of hydrogen-bond acceptors (Lipinski definition) is 3. The van der Waals surface area contributed by atoms with Gasteiger partial charge in [0.05, 0.1) is 5.71 Å². The quantitative estimate of drug-likeness (QED) is 0.424. The summed E-state index contributed by atoms with van der Waals surface area (Å²) in [5.41, 5.74) is 5.46. The minimum atomic E-state index is -0.350. The molecule has 29 heavy (non-hydrogen) atoms. The molecule has 0 radical (unpaired) electrons. The predicted molar refractivity (Wildman–Crippen MR) is 117 cm³/mol. The lowest BCUT2D eigenvalue weighted by Gasteiger charge is -2.07. The Labute approximate surface area is 178 Å². The van der Waals surface area contributed by atoms with E-state index in [9.17, 15) is 9.59 Å². The molecule has 0 aliphatic rings. The van der Waals surface area contributed by atoms with Gasteiger partial charge in [0.15, 0.2) is 0 Å². The lowest BCUT2D eigenvalue weighted by molar-refractivity contribution is 0.0954. The first-order chi connectivity index (χ1) is 13.9. The standard InChI is InChI=1S/C22H17Cl2N3O2/c1-14(26-27-22(29)17-5-3-7-19(24)13-17)15-8-10-20(11-9-15)25-21(28)16-4-2-6-18(23)12-16/h2-13H,1H3,(H,25,28)(H,27,29). The molecule has 3 aromatic carbocycles. The molecule has 0 aliphatic heterocycles. The first-order valence-corrected chi connectivity index (χ1v) is 9.45. The SMILES string of the molecule is CC(=NNC(=O)c1cccc(Cl)c1)c1ccc(NC(=O)c2cccc(Cl)c2)cc1. The fourth-order valence-electron chi connectivity index (χ4n) is 2.52. The lowest BCUT2D eigenvalue weighted by atomic mass is 10.1. The van der Waals surface area contributed by atoms with Crippen LogP contribution < -0.4 is 10.7 Å². The second-order valence-electron chi connectivity index (χ2n) is 6.19. The van der Waals surface area contributed by atoms with Gasteiger partial charge in [0, 0.05) is 26.9 Å². The third-order valence-electron chi connectivity index (χ3n) is 4.06. The van der Waals surface area contributed by atoms with Gasteiger partial charge >= 0.3 is 0 Å². The van der Waals surface area contributed by atoms with Gasteiger partial charge in [0.25, 0.3) is 11.8 Å². The van der Waals surface area contributed by atoms with Crippen LogP contribution in [0.15, 0.2) is 77.9 Å². The summed E-state index contributed by atoms with van der Waals surface area (Å²) >= 11 is 11.8. The Morgan fingerprint density at radius 3 is 1.86 bits per heavy atom. The highest BCUT2D eigenvalue weighted by Crippen LogP contribution is 2.15. The summed E-state index contributed by atoms with van der Waals surface area (Å²) in [4.78, 5) is 24.4. The number of hydrazone groups is 1. The van der Waals surface area contributed by atoms with Crippen molar-refractivity contribution in [1.82, 2.24) is 5.43 Å². The number of amides is 2. The molecular weight excluding hydrogens is 409 g/mol. The molecule has 0 atom stereocenters. The van der Waals surface area contributed by atoms with Crippen LogP contribution in [0.1, 0.15) is 33.2 Å². The van der Waals surface area contributed by atoms with Gasteiger partial charge in [-0.25, -0.2) is 5.43 Å². The van der Waals surface area contributed by atoms with Gasteiger partial charge in [-0.1, -0.05) is 47.5 Å². The number of anilines is 1. The van der Waals surface area contributed by atoms with Crippen molar-refractivity contribution >= 4 is 46.4 Å². The lowest BCUT2D eigenvalue weighted by Crippen LogP contribution is -2.19. The van der Waals surface area contributed by atoms with Crippen molar-refractivity contribution in [2.24, 2.45) is 5.10 Å². The fraction of sp³-hybridized carbons (Fsp3) is 0.0455. The number of carbonyl (C=O) groups excluding carboxylic acids is 2. The van der Waals surface area contributed by atoms with Crippen LogP contribution in [0.2, 0.25) is 10.0 Å². The van der Waals surface area contributed by atoms with E-state index in [0.29, 0.717) is 32.6 Å². The average Bonchev–Trinajstić information content (AvgIpc) is 2.72. The average molecular weight is 426 g/mol. The van der Waals surface area contributed by atoms with E-state index >= 15 is 0 Å². The van der Waals surface area contributed by atoms with Crippen molar-refractivity contribution in [3.8, 4) is 0 Å². The van der Waals surface area contributed by atoms with Gasteiger partial charge in [-0.15, -0.1) is 0 Å². The molecule has 2 amide bonds. The van der Waals surface area contributed by atoms with E-state index in [2.05, 4.69) is 15.8 Å². The molecule has 0 unspecified atom stereocenters. The zero-order chi connectivity index (χ0) is 20.8. The molecule has 3 rings (SSSR count). The van der Waals surface area contributed by atoms with E-state index in [4.69, 9.17) is 23.2 Å². The highest BCUT2D eigenvalue weighted by Gasteiger charge is 2.08. The molecule has 146 valence electrons. The van der Waals surface area contributed by atoms with E-state index < -0.39 is 0 Å². The van der Waals surface area contributed by atoms with Crippen LogP contribution in [0.5, 0.6) is 0 Å². The molecule has 0 aromatic heterocycles. The smallest absolute Gasteiger partial charge is 0.271 e. The number of hydrogen-bond donors (Lipinski definition) is 2. The molecule has 0 spiro atoms. The van der Waals surface area contributed by atoms with Crippen molar-refractivity contribution in [3.63, 3.8) is 0 Å². The number of carbonyl (C=O) groups is 2. The summed E-state index contributed by atoms with van der Waals surface area (Å²) in [5, 5.41) is 7.91. The molecule has 0 bridgehead atoms. The monoisotopic (exact) mass is 425 g/mol. The first-order valence-electron chi connectivity index (χ1n) is 8.70. The van der Waals surface area contributed by atoms with Crippen LogP contribution in [-0.4, -0.2) is 17.5 Å². The predicted octanol–water partition coefficient (Wildman–Crippen LogP) is 5.40. The second-order valence-corrected chi connectivity index (χ2v) is 7.06. The number of rotatable bonds is 5. The molecule has 0 fully saturated rings. The summed E-state index contributed by atoms with van der Waals surface area (Å²) < 4.78 is 0.